The number of anilines is 1. The molecule has 152 valence electrons. The topological polar surface area (TPSA) is 80.3 Å². The third-order valence-electron chi connectivity index (χ3n) is 5.43. The Morgan fingerprint density at radius 1 is 1.36 bits per heavy atom. The maximum atomic E-state index is 13.6. The van der Waals surface area contributed by atoms with Crippen LogP contribution in [0, 0.1) is 0 Å². The molecule has 28 heavy (non-hydrogen) atoms. The summed E-state index contributed by atoms with van der Waals surface area (Å²) < 4.78 is 5.45. The second-order valence-electron chi connectivity index (χ2n) is 8.61. The van der Waals surface area contributed by atoms with E-state index in [1.807, 2.05) is 49.9 Å². The van der Waals surface area contributed by atoms with Gasteiger partial charge in [-0.2, -0.15) is 0 Å². The predicted octanol–water partition coefficient (Wildman–Crippen LogP) is 1.50. The number of hydrogen-bond acceptors (Lipinski definition) is 7. The summed E-state index contributed by atoms with van der Waals surface area (Å²) in [6, 6.07) is 7.85. The molecule has 3 aliphatic heterocycles. The van der Waals surface area contributed by atoms with Gasteiger partial charge >= 0.3 is 5.97 Å². The van der Waals surface area contributed by atoms with Gasteiger partial charge in [0, 0.05) is 19.5 Å². The number of nitrogens with one attached hydrogen (secondary N) is 1. The van der Waals surface area contributed by atoms with Crippen molar-refractivity contribution in [2.45, 2.75) is 50.9 Å². The number of hydrogen-bond donors (Lipinski definition) is 1. The molecule has 4 rings (SSSR count). The minimum Gasteiger partial charge on any atom is -0.459 e. The molecule has 2 saturated heterocycles. The van der Waals surface area contributed by atoms with Crippen molar-refractivity contribution in [3.05, 3.63) is 29.8 Å². The van der Waals surface area contributed by atoms with Gasteiger partial charge in [-0.1, -0.05) is 23.8 Å². The maximum Gasteiger partial charge on any atom is 0.320 e. The van der Waals surface area contributed by atoms with Crippen LogP contribution in [0.1, 0.15) is 39.2 Å². The standard InChI is InChI=1S/C20H27N3O5/c1-19(2,3)27-17(24)12-22-10-9-20(13-22)14-6-4-5-7-15(14)23(18(20)25)16-8-11-26-21-28-16/h4-7,16,21H,8-13H2,1-3H3. The number of fused-ring (bicyclic) bond motifs is 2. The molecule has 2 unspecified atom stereocenters. The lowest BCUT2D eigenvalue weighted by Gasteiger charge is -2.32. The first-order chi connectivity index (χ1) is 13.3. The fourth-order valence-corrected chi connectivity index (χ4v) is 4.34. The van der Waals surface area contributed by atoms with Crippen LogP contribution in [0.3, 0.4) is 0 Å². The normalized spacial score (nSPS) is 28.0. The predicted molar refractivity (Wildman–Crippen MR) is 101 cm³/mol. The lowest BCUT2D eigenvalue weighted by atomic mass is 9.81. The van der Waals surface area contributed by atoms with Gasteiger partial charge in [-0.05, 0) is 38.8 Å². The highest BCUT2D eigenvalue weighted by molar-refractivity contribution is 6.09. The van der Waals surface area contributed by atoms with Crippen molar-refractivity contribution in [1.82, 2.24) is 10.5 Å². The van der Waals surface area contributed by atoms with Gasteiger partial charge in [0.1, 0.15) is 5.60 Å². The van der Waals surface area contributed by atoms with Crippen LogP contribution in [0.25, 0.3) is 0 Å². The molecule has 2 fully saturated rings. The summed E-state index contributed by atoms with van der Waals surface area (Å²) in [6.45, 7) is 7.38. The highest BCUT2D eigenvalue weighted by Gasteiger charge is 2.56. The van der Waals surface area contributed by atoms with Crippen LogP contribution in [0.5, 0.6) is 0 Å². The number of para-hydroxylation sites is 1. The van der Waals surface area contributed by atoms with Gasteiger partial charge in [-0.15, -0.1) is 0 Å². The average Bonchev–Trinajstić information content (AvgIpc) is 3.15. The van der Waals surface area contributed by atoms with E-state index in [9.17, 15) is 9.59 Å². The van der Waals surface area contributed by atoms with E-state index in [-0.39, 0.29) is 18.4 Å². The second kappa shape index (κ2) is 7.11. The molecular formula is C20H27N3O5. The quantitative estimate of drug-likeness (QED) is 0.785. The summed E-state index contributed by atoms with van der Waals surface area (Å²) in [7, 11) is 0. The van der Waals surface area contributed by atoms with Gasteiger partial charge in [0.25, 0.3) is 0 Å². The van der Waals surface area contributed by atoms with Crippen LogP contribution in [0.2, 0.25) is 0 Å². The van der Waals surface area contributed by atoms with E-state index < -0.39 is 17.2 Å². The zero-order chi connectivity index (χ0) is 19.9. The molecule has 0 aromatic heterocycles. The Labute approximate surface area is 164 Å². The third-order valence-corrected chi connectivity index (χ3v) is 5.43. The minimum atomic E-state index is -0.653. The van der Waals surface area contributed by atoms with Gasteiger partial charge < -0.3 is 4.74 Å². The van der Waals surface area contributed by atoms with Gasteiger partial charge in [0.05, 0.1) is 24.3 Å². The summed E-state index contributed by atoms with van der Waals surface area (Å²) >= 11 is 0. The molecule has 1 N–H and O–H groups in total. The number of rotatable bonds is 3. The summed E-state index contributed by atoms with van der Waals surface area (Å²) in [5, 5.41) is 0. The first kappa shape index (κ1) is 19.3. The zero-order valence-electron chi connectivity index (χ0n) is 16.6. The Bertz CT molecular complexity index is 771. The van der Waals surface area contributed by atoms with Gasteiger partial charge in [-0.25, -0.2) is 0 Å². The van der Waals surface area contributed by atoms with Crippen LogP contribution < -0.4 is 10.5 Å². The zero-order valence-corrected chi connectivity index (χ0v) is 16.6. The second-order valence-corrected chi connectivity index (χ2v) is 8.61. The first-order valence-electron chi connectivity index (χ1n) is 9.70. The molecule has 8 nitrogen and oxygen atoms in total. The lowest BCUT2D eigenvalue weighted by Crippen LogP contribution is -2.51. The highest BCUT2D eigenvalue weighted by Crippen LogP contribution is 2.48. The fourth-order valence-electron chi connectivity index (χ4n) is 4.34. The van der Waals surface area contributed by atoms with Crippen molar-refractivity contribution in [3.8, 4) is 0 Å². The van der Waals surface area contributed by atoms with Gasteiger partial charge in [0.15, 0.2) is 6.23 Å². The number of benzene rings is 1. The SMILES string of the molecule is CC(C)(C)OC(=O)CN1CCC2(C1)C(=O)N(C1CCONO1)c1ccccc12. The summed E-state index contributed by atoms with van der Waals surface area (Å²) in [5.41, 5.74) is 3.14. The Hall–Kier alpha value is -2.00. The van der Waals surface area contributed by atoms with Crippen molar-refractivity contribution in [2.75, 3.05) is 31.1 Å². The van der Waals surface area contributed by atoms with Crippen molar-refractivity contribution in [1.29, 1.82) is 0 Å². The number of amides is 1. The molecule has 1 spiro atoms. The van der Waals surface area contributed by atoms with E-state index in [4.69, 9.17) is 14.4 Å². The minimum absolute atomic E-state index is 0.0223. The molecular weight excluding hydrogens is 362 g/mol. The summed E-state index contributed by atoms with van der Waals surface area (Å²) in [5.74, 6) is -0.244. The largest absolute Gasteiger partial charge is 0.459 e. The van der Waals surface area contributed by atoms with E-state index >= 15 is 0 Å². The van der Waals surface area contributed by atoms with E-state index in [0.717, 1.165) is 11.3 Å². The number of ether oxygens (including phenoxy) is 1. The average molecular weight is 389 g/mol. The maximum absolute atomic E-state index is 13.6. The van der Waals surface area contributed by atoms with Gasteiger partial charge in [-0.3, -0.25) is 29.1 Å². The molecule has 1 aromatic carbocycles. The fraction of sp³-hybridized carbons (Fsp3) is 0.600. The molecule has 3 heterocycles. The number of carbonyl (C=O) groups excluding carboxylic acids is 2. The molecule has 3 aliphatic rings. The Kier molecular flexibility index (Phi) is 4.91. The smallest absolute Gasteiger partial charge is 0.320 e. The summed E-state index contributed by atoms with van der Waals surface area (Å²) in [6.07, 6.45) is 0.838. The van der Waals surface area contributed by atoms with Crippen molar-refractivity contribution >= 4 is 17.6 Å². The summed E-state index contributed by atoms with van der Waals surface area (Å²) in [4.78, 5) is 40.1. The molecule has 2 atom stereocenters. The molecule has 8 heteroatoms. The monoisotopic (exact) mass is 389 g/mol. The Morgan fingerprint density at radius 3 is 2.86 bits per heavy atom. The third kappa shape index (κ3) is 3.41. The van der Waals surface area contributed by atoms with Crippen LogP contribution in [-0.4, -0.2) is 54.8 Å². The molecule has 0 aliphatic carbocycles. The number of likely N-dealkylation sites (tertiary alicyclic amines) is 1. The number of nitrogens with zero attached hydrogens (tertiary/aromatic N) is 2. The lowest BCUT2D eigenvalue weighted by molar-refractivity contribution is -0.238. The van der Waals surface area contributed by atoms with Crippen molar-refractivity contribution < 1.29 is 24.0 Å². The van der Waals surface area contributed by atoms with E-state index in [1.165, 1.54) is 0 Å². The van der Waals surface area contributed by atoms with Gasteiger partial charge in [0.2, 0.25) is 5.91 Å². The molecule has 1 aromatic rings. The van der Waals surface area contributed by atoms with Crippen LogP contribution in [-0.2, 0) is 29.4 Å². The van der Waals surface area contributed by atoms with E-state index in [1.54, 1.807) is 4.90 Å². The first-order valence-corrected chi connectivity index (χ1v) is 9.70. The number of esters is 1. The molecule has 0 saturated carbocycles. The van der Waals surface area contributed by atoms with E-state index in [0.29, 0.717) is 32.5 Å². The molecule has 0 bridgehead atoms. The molecule has 0 radical (unpaired) electrons. The van der Waals surface area contributed by atoms with E-state index in [2.05, 4.69) is 5.64 Å². The van der Waals surface area contributed by atoms with Crippen LogP contribution in [0.4, 0.5) is 5.69 Å². The Morgan fingerprint density at radius 2 is 2.14 bits per heavy atom. The van der Waals surface area contributed by atoms with Crippen LogP contribution >= 0.6 is 0 Å². The highest BCUT2D eigenvalue weighted by atomic mass is 16.9. The Balaban J connectivity index is 1.56. The van der Waals surface area contributed by atoms with Crippen LogP contribution in [0.15, 0.2) is 24.3 Å². The molecule has 1 amide bonds. The number of carbonyl (C=O) groups is 2. The van der Waals surface area contributed by atoms with Crippen molar-refractivity contribution in [3.63, 3.8) is 0 Å². The van der Waals surface area contributed by atoms with Crippen molar-refractivity contribution in [2.24, 2.45) is 0 Å².